The molecule has 0 heterocycles. The average molecular weight is 250 g/mol. The standard InChI is InChI=1S/C10H19O5P/c1-3-10(4-2,16(12,13)14)15-9(11)7-5-6-8-9/h5,7,11H,3-4,6,8H2,1-2H3,(H2,12,13,14). The van der Waals surface area contributed by atoms with Crippen LogP contribution in [-0.2, 0) is 9.30 Å². The molecule has 0 spiro atoms. The van der Waals surface area contributed by atoms with Crippen molar-refractivity contribution in [2.75, 3.05) is 0 Å². The number of ether oxygens (including phenoxy) is 1. The lowest BCUT2D eigenvalue weighted by atomic mass is 10.2. The first-order valence-electron chi connectivity index (χ1n) is 5.44. The third-order valence-corrected chi connectivity index (χ3v) is 4.84. The number of allylic oxidation sites excluding steroid dienone is 1. The van der Waals surface area contributed by atoms with Crippen LogP contribution >= 0.6 is 7.60 Å². The van der Waals surface area contributed by atoms with Gasteiger partial charge in [-0.3, -0.25) is 4.57 Å². The SMILES string of the molecule is CCC(CC)(OC1(O)C=CCC1)P(=O)(O)O. The molecular weight excluding hydrogens is 231 g/mol. The van der Waals surface area contributed by atoms with Gasteiger partial charge in [0.15, 0.2) is 11.1 Å². The molecule has 0 aromatic carbocycles. The van der Waals surface area contributed by atoms with Crippen molar-refractivity contribution < 1.29 is 24.2 Å². The zero-order chi connectivity index (χ0) is 12.4. The van der Waals surface area contributed by atoms with Crippen LogP contribution in [0.2, 0.25) is 0 Å². The Morgan fingerprint density at radius 1 is 1.44 bits per heavy atom. The highest BCUT2D eigenvalue weighted by atomic mass is 31.2. The van der Waals surface area contributed by atoms with Crippen molar-refractivity contribution >= 4 is 7.60 Å². The number of hydrogen-bond acceptors (Lipinski definition) is 3. The molecule has 5 nitrogen and oxygen atoms in total. The maximum atomic E-state index is 11.5. The summed E-state index contributed by atoms with van der Waals surface area (Å²) in [4.78, 5) is 18.7. The fourth-order valence-electron chi connectivity index (χ4n) is 1.92. The summed E-state index contributed by atoms with van der Waals surface area (Å²) in [5, 5.41) is 8.41. The van der Waals surface area contributed by atoms with Gasteiger partial charge in [-0.25, -0.2) is 0 Å². The zero-order valence-electron chi connectivity index (χ0n) is 9.59. The Bertz CT molecular complexity index is 317. The van der Waals surface area contributed by atoms with Crippen molar-refractivity contribution in [1.29, 1.82) is 0 Å². The van der Waals surface area contributed by atoms with Gasteiger partial charge in [-0.05, 0) is 25.3 Å². The highest BCUT2D eigenvalue weighted by Gasteiger charge is 2.50. The van der Waals surface area contributed by atoms with E-state index >= 15 is 0 Å². The summed E-state index contributed by atoms with van der Waals surface area (Å²) in [6.07, 6.45) is 4.52. The summed E-state index contributed by atoms with van der Waals surface area (Å²) in [5.41, 5.74) is 0. The smallest absolute Gasteiger partial charge is 0.357 e. The molecule has 94 valence electrons. The Balaban J connectivity index is 2.96. The number of hydrogen-bond donors (Lipinski definition) is 3. The zero-order valence-corrected chi connectivity index (χ0v) is 10.5. The van der Waals surface area contributed by atoms with E-state index in [-0.39, 0.29) is 12.8 Å². The minimum Gasteiger partial charge on any atom is -0.362 e. The predicted molar refractivity (Wildman–Crippen MR) is 59.8 cm³/mol. The number of rotatable bonds is 5. The third-order valence-electron chi connectivity index (χ3n) is 3.05. The van der Waals surface area contributed by atoms with Crippen molar-refractivity contribution in [2.24, 2.45) is 0 Å². The molecule has 0 aromatic rings. The number of aliphatic hydroxyl groups is 1. The summed E-state index contributed by atoms with van der Waals surface area (Å²) in [5.74, 6) is -1.53. The Morgan fingerprint density at radius 2 is 2.00 bits per heavy atom. The van der Waals surface area contributed by atoms with Crippen LogP contribution in [0.25, 0.3) is 0 Å². The van der Waals surface area contributed by atoms with Crippen molar-refractivity contribution in [3.05, 3.63) is 12.2 Å². The van der Waals surface area contributed by atoms with Crippen molar-refractivity contribution in [1.82, 2.24) is 0 Å². The second-order valence-electron chi connectivity index (χ2n) is 4.09. The van der Waals surface area contributed by atoms with Gasteiger partial charge in [0.2, 0.25) is 0 Å². The Hall–Kier alpha value is -0.190. The lowest BCUT2D eigenvalue weighted by molar-refractivity contribution is -0.216. The van der Waals surface area contributed by atoms with E-state index in [0.29, 0.717) is 12.8 Å². The molecule has 1 rings (SSSR count). The topological polar surface area (TPSA) is 87.0 Å². The largest absolute Gasteiger partial charge is 0.362 e. The van der Waals surface area contributed by atoms with Crippen LogP contribution in [0.4, 0.5) is 0 Å². The van der Waals surface area contributed by atoms with Crippen LogP contribution in [0.5, 0.6) is 0 Å². The van der Waals surface area contributed by atoms with Gasteiger partial charge in [-0.1, -0.05) is 19.9 Å². The summed E-state index contributed by atoms with van der Waals surface area (Å²) in [6, 6.07) is 0. The Kier molecular flexibility index (Phi) is 3.98. The van der Waals surface area contributed by atoms with E-state index in [1.165, 1.54) is 6.08 Å². The van der Waals surface area contributed by atoms with Crippen molar-refractivity contribution in [3.8, 4) is 0 Å². The van der Waals surface area contributed by atoms with Crippen molar-refractivity contribution in [3.63, 3.8) is 0 Å². The summed E-state index contributed by atoms with van der Waals surface area (Å²) < 4.78 is 16.8. The van der Waals surface area contributed by atoms with Crippen LogP contribution in [0.3, 0.4) is 0 Å². The lowest BCUT2D eigenvalue weighted by Gasteiger charge is -2.38. The van der Waals surface area contributed by atoms with E-state index in [0.717, 1.165) is 0 Å². The molecule has 1 aliphatic carbocycles. The minimum atomic E-state index is -4.42. The van der Waals surface area contributed by atoms with Crippen LogP contribution in [0, 0.1) is 0 Å². The fraction of sp³-hybridized carbons (Fsp3) is 0.800. The van der Waals surface area contributed by atoms with Crippen molar-refractivity contribution in [2.45, 2.75) is 50.7 Å². The first-order chi connectivity index (χ1) is 7.29. The predicted octanol–water partition coefficient (Wildman–Crippen LogP) is 1.74. The maximum Gasteiger partial charge on any atom is 0.357 e. The van der Waals surface area contributed by atoms with Gasteiger partial charge < -0.3 is 19.6 Å². The molecule has 1 aliphatic rings. The summed E-state index contributed by atoms with van der Waals surface area (Å²) in [7, 11) is -4.42. The van der Waals surface area contributed by atoms with Gasteiger partial charge >= 0.3 is 7.60 Å². The monoisotopic (exact) mass is 250 g/mol. The molecule has 0 saturated heterocycles. The first-order valence-corrected chi connectivity index (χ1v) is 7.06. The van der Waals surface area contributed by atoms with Gasteiger partial charge in [0, 0.05) is 6.42 Å². The van der Waals surface area contributed by atoms with Gasteiger partial charge in [0.25, 0.3) is 0 Å². The summed E-state index contributed by atoms with van der Waals surface area (Å²) >= 11 is 0. The highest BCUT2D eigenvalue weighted by molar-refractivity contribution is 7.53. The molecule has 6 heteroatoms. The van der Waals surface area contributed by atoms with Gasteiger partial charge in [0.1, 0.15) is 0 Å². The molecule has 0 amide bonds. The highest BCUT2D eigenvalue weighted by Crippen LogP contribution is 2.57. The molecule has 0 saturated carbocycles. The molecule has 3 N–H and O–H groups in total. The van der Waals surface area contributed by atoms with E-state index in [9.17, 15) is 19.5 Å². The van der Waals surface area contributed by atoms with Crippen LogP contribution in [0.1, 0.15) is 39.5 Å². The molecule has 1 atom stereocenters. The second kappa shape index (κ2) is 4.59. The Morgan fingerprint density at radius 3 is 2.31 bits per heavy atom. The molecule has 0 bridgehead atoms. The average Bonchev–Trinajstić information content (AvgIpc) is 2.60. The van der Waals surface area contributed by atoms with E-state index in [4.69, 9.17) is 4.74 Å². The fourth-order valence-corrected chi connectivity index (χ4v) is 3.02. The molecule has 1 unspecified atom stereocenters. The van der Waals surface area contributed by atoms with Gasteiger partial charge in [0.05, 0.1) is 0 Å². The molecular formula is C10H19O5P. The molecule has 0 aromatic heterocycles. The second-order valence-corrected chi connectivity index (χ2v) is 5.99. The molecule has 0 fully saturated rings. The van der Waals surface area contributed by atoms with E-state index < -0.39 is 18.7 Å². The molecule has 0 radical (unpaired) electrons. The third kappa shape index (κ3) is 2.55. The quantitative estimate of drug-likeness (QED) is 0.393. The van der Waals surface area contributed by atoms with E-state index in [1.807, 2.05) is 0 Å². The van der Waals surface area contributed by atoms with Crippen LogP contribution < -0.4 is 0 Å². The van der Waals surface area contributed by atoms with E-state index in [2.05, 4.69) is 0 Å². The normalized spacial score (nSPS) is 26.3. The van der Waals surface area contributed by atoms with Gasteiger partial charge in [-0.2, -0.15) is 0 Å². The Labute approximate surface area is 95.3 Å². The van der Waals surface area contributed by atoms with Crippen LogP contribution in [0.15, 0.2) is 12.2 Å². The molecule has 16 heavy (non-hydrogen) atoms. The van der Waals surface area contributed by atoms with Crippen LogP contribution in [-0.4, -0.2) is 26.0 Å². The lowest BCUT2D eigenvalue weighted by Crippen LogP contribution is -2.42. The summed E-state index contributed by atoms with van der Waals surface area (Å²) in [6.45, 7) is 3.29. The van der Waals surface area contributed by atoms with Gasteiger partial charge in [-0.15, -0.1) is 0 Å². The minimum absolute atomic E-state index is 0.157. The molecule has 0 aliphatic heterocycles. The first kappa shape index (κ1) is 13.9. The van der Waals surface area contributed by atoms with E-state index in [1.54, 1.807) is 19.9 Å². The maximum absolute atomic E-state index is 11.5.